The van der Waals surface area contributed by atoms with E-state index in [1.807, 2.05) is 0 Å². The molecule has 0 saturated heterocycles. The summed E-state index contributed by atoms with van der Waals surface area (Å²) in [6, 6.07) is 0.448. The molecule has 1 nitrogen and oxygen atoms in total. The summed E-state index contributed by atoms with van der Waals surface area (Å²) in [5.41, 5.74) is 6.16. The lowest BCUT2D eigenvalue weighted by Gasteiger charge is -2.15. The molecule has 0 aliphatic carbocycles. The van der Waals surface area contributed by atoms with Crippen LogP contribution < -0.4 is 5.73 Å². The van der Waals surface area contributed by atoms with Crippen LogP contribution in [0.3, 0.4) is 0 Å². The van der Waals surface area contributed by atoms with Crippen LogP contribution in [0.5, 0.6) is 0 Å². The van der Waals surface area contributed by atoms with Gasteiger partial charge >= 0.3 is 0 Å². The van der Waals surface area contributed by atoms with E-state index in [0.29, 0.717) is 6.04 Å². The Balaban J connectivity index is 3.13. The van der Waals surface area contributed by atoms with Crippen LogP contribution in [0.25, 0.3) is 0 Å². The number of rotatable bonds is 14. The SMILES string of the molecule is CCCCCCCCCCCCC(N)CC(C)CC. The summed E-state index contributed by atoms with van der Waals surface area (Å²) < 4.78 is 0. The zero-order valence-electron chi connectivity index (χ0n) is 13.9. The summed E-state index contributed by atoms with van der Waals surface area (Å²) >= 11 is 0. The fourth-order valence-electron chi connectivity index (χ4n) is 2.70. The number of nitrogens with two attached hydrogens (primary N) is 1. The predicted molar refractivity (Wildman–Crippen MR) is 88.5 cm³/mol. The van der Waals surface area contributed by atoms with Gasteiger partial charge in [-0.3, -0.25) is 0 Å². The van der Waals surface area contributed by atoms with Crippen molar-refractivity contribution in [2.24, 2.45) is 11.7 Å². The molecule has 0 rings (SSSR count). The van der Waals surface area contributed by atoms with Crippen LogP contribution in [-0.4, -0.2) is 6.04 Å². The maximum Gasteiger partial charge on any atom is 0.00413 e. The van der Waals surface area contributed by atoms with Crippen LogP contribution in [-0.2, 0) is 0 Å². The second kappa shape index (κ2) is 14.4. The van der Waals surface area contributed by atoms with Crippen LogP contribution in [0.1, 0.15) is 104 Å². The van der Waals surface area contributed by atoms with Gasteiger partial charge in [0.15, 0.2) is 0 Å². The molecule has 0 amide bonds. The van der Waals surface area contributed by atoms with Gasteiger partial charge in [-0.1, -0.05) is 91.4 Å². The second-order valence-electron chi connectivity index (χ2n) is 6.48. The molecule has 2 unspecified atom stereocenters. The van der Waals surface area contributed by atoms with Crippen LogP contribution in [0.15, 0.2) is 0 Å². The van der Waals surface area contributed by atoms with Crippen molar-refractivity contribution in [3.63, 3.8) is 0 Å². The second-order valence-corrected chi connectivity index (χ2v) is 6.48. The average molecular weight is 270 g/mol. The van der Waals surface area contributed by atoms with Gasteiger partial charge in [0.2, 0.25) is 0 Å². The van der Waals surface area contributed by atoms with E-state index in [4.69, 9.17) is 5.73 Å². The average Bonchev–Trinajstić information content (AvgIpc) is 2.40. The molecule has 1 heteroatoms. The monoisotopic (exact) mass is 269 g/mol. The van der Waals surface area contributed by atoms with Gasteiger partial charge in [-0.15, -0.1) is 0 Å². The first-order valence-electron chi connectivity index (χ1n) is 8.96. The van der Waals surface area contributed by atoms with E-state index in [0.717, 1.165) is 5.92 Å². The molecule has 0 radical (unpaired) electrons. The zero-order chi connectivity index (χ0) is 14.3. The van der Waals surface area contributed by atoms with Crippen molar-refractivity contribution < 1.29 is 0 Å². The lowest BCUT2D eigenvalue weighted by molar-refractivity contribution is 0.421. The van der Waals surface area contributed by atoms with Gasteiger partial charge in [0, 0.05) is 6.04 Å². The Labute approximate surface area is 122 Å². The number of hydrogen-bond acceptors (Lipinski definition) is 1. The summed E-state index contributed by atoms with van der Waals surface area (Å²) in [6.07, 6.45) is 17.9. The Kier molecular flexibility index (Phi) is 14.3. The highest BCUT2D eigenvalue weighted by Crippen LogP contribution is 2.15. The lowest BCUT2D eigenvalue weighted by Crippen LogP contribution is -2.22. The van der Waals surface area contributed by atoms with Gasteiger partial charge in [0.1, 0.15) is 0 Å². The maximum absolute atomic E-state index is 6.16. The van der Waals surface area contributed by atoms with E-state index in [9.17, 15) is 0 Å². The molecular weight excluding hydrogens is 230 g/mol. The van der Waals surface area contributed by atoms with Crippen molar-refractivity contribution >= 4 is 0 Å². The van der Waals surface area contributed by atoms with Gasteiger partial charge in [-0.25, -0.2) is 0 Å². The third-order valence-electron chi connectivity index (χ3n) is 4.33. The highest BCUT2D eigenvalue weighted by Gasteiger charge is 2.06. The van der Waals surface area contributed by atoms with E-state index in [1.54, 1.807) is 0 Å². The molecule has 0 aromatic carbocycles. The largest absolute Gasteiger partial charge is 0.328 e. The Morgan fingerprint density at radius 2 is 1.21 bits per heavy atom. The van der Waals surface area contributed by atoms with Crippen LogP contribution in [0, 0.1) is 5.92 Å². The van der Waals surface area contributed by atoms with E-state index in [-0.39, 0.29) is 0 Å². The first-order valence-corrected chi connectivity index (χ1v) is 8.96. The summed E-state index contributed by atoms with van der Waals surface area (Å²) in [6.45, 7) is 6.86. The minimum atomic E-state index is 0.448. The molecule has 0 aliphatic rings. The molecule has 0 aliphatic heterocycles. The standard InChI is InChI=1S/C18H39N/c1-4-6-7-8-9-10-11-12-13-14-15-18(19)16-17(3)5-2/h17-18H,4-16,19H2,1-3H3. The highest BCUT2D eigenvalue weighted by molar-refractivity contribution is 4.65. The van der Waals surface area contributed by atoms with E-state index in [2.05, 4.69) is 20.8 Å². The molecule has 116 valence electrons. The Hall–Kier alpha value is -0.0400. The minimum Gasteiger partial charge on any atom is -0.328 e. The normalized spacial score (nSPS) is 14.5. The molecule has 19 heavy (non-hydrogen) atoms. The van der Waals surface area contributed by atoms with Crippen molar-refractivity contribution in [1.82, 2.24) is 0 Å². The zero-order valence-corrected chi connectivity index (χ0v) is 13.9. The Morgan fingerprint density at radius 1 is 0.737 bits per heavy atom. The molecule has 0 fully saturated rings. The molecular formula is C18H39N. The number of unbranched alkanes of at least 4 members (excludes halogenated alkanes) is 9. The molecule has 2 N–H and O–H groups in total. The number of hydrogen-bond donors (Lipinski definition) is 1. The summed E-state index contributed by atoms with van der Waals surface area (Å²) in [7, 11) is 0. The van der Waals surface area contributed by atoms with Crippen molar-refractivity contribution in [2.75, 3.05) is 0 Å². The third kappa shape index (κ3) is 14.2. The predicted octanol–water partition coefficient (Wildman–Crippen LogP) is 6.06. The highest BCUT2D eigenvalue weighted by atomic mass is 14.6. The van der Waals surface area contributed by atoms with Crippen molar-refractivity contribution in [2.45, 2.75) is 110 Å². The fraction of sp³-hybridized carbons (Fsp3) is 1.00. The van der Waals surface area contributed by atoms with Gasteiger partial charge < -0.3 is 5.73 Å². The summed E-state index contributed by atoms with van der Waals surface area (Å²) in [5, 5.41) is 0. The molecule has 0 bridgehead atoms. The fourth-order valence-corrected chi connectivity index (χ4v) is 2.70. The van der Waals surface area contributed by atoms with Gasteiger partial charge in [-0.05, 0) is 18.8 Å². The van der Waals surface area contributed by atoms with E-state index < -0.39 is 0 Å². The molecule has 0 heterocycles. The van der Waals surface area contributed by atoms with Gasteiger partial charge in [0.25, 0.3) is 0 Å². The quantitative estimate of drug-likeness (QED) is 0.381. The van der Waals surface area contributed by atoms with Crippen LogP contribution in [0.4, 0.5) is 0 Å². The Bertz CT molecular complexity index is 167. The third-order valence-corrected chi connectivity index (χ3v) is 4.33. The van der Waals surface area contributed by atoms with Crippen LogP contribution in [0.2, 0.25) is 0 Å². The smallest absolute Gasteiger partial charge is 0.00413 e. The Morgan fingerprint density at radius 3 is 1.68 bits per heavy atom. The topological polar surface area (TPSA) is 26.0 Å². The molecule has 0 aromatic heterocycles. The van der Waals surface area contributed by atoms with Crippen LogP contribution >= 0.6 is 0 Å². The lowest BCUT2D eigenvalue weighted by atomic mass is 9.96. The molecule has 0 spiro atoms. The minimum absolute atomic E-state index is 0.448. The summed E-state index contributed by atoms with van der Waals surface area (Å²) in [5.74, 6) is 0.804. The van der Waals surface area contributed by atoms with E-state index >= 15 is 0 Å². The van der Waals surface area contributed by atoms with Gasteiger partial charge in [0.05, 0.1) is 0 Å². The van der Waals surface area contributed by atoms with E-state index in [1.165, 1.54) is 83.5 Å². The molecule has 0 saturated carbocycles. The summed E-state index contributed by atoms with van der Waals surface area (Å²) in [4.78, 5) is 0. The van der Waals surface area contributed by atoms with Crippen molar-refractivity contribution in [1.29, 1.82) is 0 Å². The molecule has 0 aromatic rings. The first kappa shape index (κ1) is 19.0. The maximum atomic E-state index is 6.16. The van der Waals surface area contributed by atoms with Crippen molar-refractivity contribution in [3.8, 4) is 0 Å². The first-order chi connectivity index (χ1) is 9.20. The molecule has 2 atom stereocenters. The van der Waals surface area contributed by atoms with Crippen molar-refractivity contribution in [3.05, 3.63) is 0 Å². The van der Waals surface area contributed by atoms with Gasteiger partial charge in [-0.2, -0.15) is 0 Å².